The number of nitrogens with zero attached hydrogens (tertiary/aromatic N) is 3. The molecule has 1 saturated carbocycles. The number of aliphatic hydroxyl groups is 1. The van der Waals surface area contributed by atoms with Crippen molar-refractivity contribution in [1.29, 1.82) is 0 Å². The summed E-state index contributed by atoms with van der Waals surface area (Å²) in [4.78, 5) is 5.21. The zero-order valence-electron chi connectivity index (χ0n) is 15.4. The van der Waals surface area contributed by atoms with Gasteiger partial charge in [0.1, 0.15) is 0 Å². The summed E-state index contributed by atoms with van der Waals surface area (Å²) in [5.41, 5.74) is 2.73. The Hall–Kier alpha value is -1.36. The third-order valence-corrected chi connectivity index (χ3v) is 5.92. The molecule has 4 rings (SSSR count). The zero-order valence-corrected chi connectivity index (χ0v) is 15.4. The van der Waals surface area contributed by atoms with Crippen molar-refractivity contribution in [2.75, 3.05) is 32.8 Å². The summed E-state index contributed by atoms with van der Waals surface area (Å²) in [5.74, 6) is 0.928. The van der Waals surface area contributed by atoms with Gasteiger partial charge in [-0.05, 0) is 61.3 Å². The number of aryl methyl sites for hydroxylation is 1. The summed E-state index contributed by atoms with van der Waals surface area (Å²) in [7, 11) is 0. The number of hydrogen-bond acceptors (Lipinski definition) is 3. The average molecular weight is 341 g/mol. The number of rotatable bonds is 7. The maximum atomic E-state index is 9.46. The predicted octanol–water partition coefficient (Wildman–Crippen LogP) is 2.94. The van der Waals surface area contributed by atoms with Gasteiger partial charge in [-0.25, -0.2) is 0 Å². The van der Waals surface area contributed by atoms with E-state index in [2.05, 4.69) is 51.8 Å². The van der Waals surface area contributed by atoms with E-state index in [1.54, 1.807) is 0 Å². The molecule has 0 spiro atoms. The standard InChI is InChI=1S/C21H31N3O/c1-2-23-9-7-19-13-18(5-6-21(19)23)14-22-10-11-24(15-17-3-4-17)20(16-22)8-12-25/h5-7,9,13,17,20,25H,2-4,8,10-12,14-16H2,1H3/t20-/m1/s1. The molecule has 25 heavy (non-hydrogen) atoms. The fourth-order valence-electron chi connectivity index (χ4n) is 4.28. The van der Waals surface area contributed by atoms with Crippen LogP contribution >= 0.6 is 0 Å². The van der Waals surface area contributed by atoms with E-state index in [4.69, 9.17) is 0 Å². The van der Waals surface area contributed by atoms with Crippen molar-refractivity contribution >= 4 is 10.9 Å². The molecule has 2 aromatic rings. The number of hydrogen-bond donors (Lipinski definition) is 1. The summed E-state index contributed by atoms with van der Waals surface area (Å²) in [6.45, 7) is 9.15. The topological polar surface area (TPSA) is 31.6 Å². The second-order valence-corrected chi connectivity index (χ2v) is 7.83. The summed E-state index contributed by atoms with van der Waals surface area (Å²) < 4.78 is 2.30. The quantitative estimate of drug-likeness (QED) is 0.840. The van der Waals surface area contributed by atoms with Crippen molar-refractivity contribution in [1.82, 2.24) is 14.4 Å². The number of benzene rings is 1. The van der Waals surface area contributed by atoms with E-state index < -0.39 is 0 Å². The Bertz CT molecular complexity index is 706. The van der Waals surface area contributed by atoms with E-state index in [9.17, 15) is 5.11 Å². The number of fused-ring (bicyclic) bond motifs is 1. The van der Waals surface area contributed by atoms with Crippen LogP contribution in [0.4, 0.5) is 0 Å². The van der Waals surface area contributed by atoms with Crippen molar-refractivity contribution in [3.63, 3.8) is 0 Å². The number of piperazine rings is 1. The Kier molecular flexibility index (Phi) is 5.11. The summed E-state index contributed by atoms with van der Waals surface area (Å²) >= 11 is 0. The SMILES string of the molecule is CCn1ccc2cc(CN3CCN(CC4CC4)[C@H](CCO)C3)ccc21. The Balaban J connectivity index is 1.41. The van der Waals surface area contributed by atoms with Crippen LogP contribution in [0.3, 0.4) is 0 Å². The summed E-state index contributed by atoms with van der Waals surface area (Å²) in [6.07, 6.45) is 5.90. The Morgan fingerprint density at radius 1 is 1.16 bits per heavy atom. The molecular formula is C21H31N3O. The molecule has 1 atom stereocenters. The summed E-state index contributed by atoms with van der Waals surface area (Å²) in [6, 6.07) is 9.64. The molecular weight excluding hydrogens is 310 g/mol. The minimum atomic E-state index is 0.302. The normalized spacial score (nSPS) is 22.7. The summed E-state index contributed by atoms with van der Waals surface area (Å²) in [5, 5.41) is 10.8. The van der Waals surface area contributed by atoms with Gasteiger partial charge in [-0.2, -0.15) is 0 Å². The van der Waals surface area contributed by atoms with Crippen molar-refractivity contribution < 1.29 is 5.11 Å². The fourth-order valence-corrected chi connectivity index (χ4v) is 4.28. The first-order valence-corrected chi connectivity index (χ1v) is 9.92. The van der Waals surface area contributed by atoms with E-state index in [0.29, 0.717) is 12.6 Å². The van der Waals surface area contributed by atoms with Gasteiger partial charge in [0, 0.05) is 63.6 Å². The molecule has 136 valence electrons. The van der Waals surface area contributed by atoms with Gasteiger partial charge in [0.2, 0.25) is 0 Å². The van der Waals surface area contributed by atoms with Crippen LogP contribution in [0.2, 0.25) is 0 Å². The third-order valence-electron chi connectivity index (χ3n) is 5.92. The van der Waals surface area contributed by atoms with Crippen LogP contribution < -0.4 is 0 Å². The molecule has 1 N–H and O–H groups in total. The molecule has 0 unspecified atom stereocenters. The molecule has 2 aliphatic rings. The van der Waals surface area contributed by atoms with Crippen LogP contribution in [0.5, 0.6) is 0 Å². The maximum Gasteiger partial charge on any atom is 0.0480 e. The maximum absolute atomic E-state index is 9.46. The second-order valence-electron chi connectivity index (χ2n) is 7.83. The Labute approximate surface area is 151 Å². The molecule has 4 nitrogen and oxygen atoms in total. The highest BCUT2D eigenvalue weighted by atomic mass is 16.3. The van der Waals surface area contributed by atoms with Crippen molar-refractivity contribution in [2.24, 2.45) is 5.92 Å². The third kappa shape index (κ3) is 3.91. The van der Waals surface area contributed by atoms with Crippen LogP contribution in [-0.2, 0) is 13.1 Å². The second kappa shape index (κ2) is 7.48. The van der Waals surface area contributed by atoms with Gasteiger partial charge in [-0.15, -0.1) is 0 Å². The smallest absolute Gasteiger partial charge is 0.0480 e. The lowest BCUT2D eigenvalue weighted by Gasteiger charge is -2.41. The molecule has 1 saturated heterocycles. The van der Waals surface area contributed by atoms with Gasteiger partial charge in [-0.3, -0.25) is 9.80 Å². The first-order chi connectivity index (χ1) is 12.3. The lowest BCUT2D eigenvalue weighted by atomic mass is 10.1. The molecule has 1 aliphatic carbocycles. The highest BCUT2D eigenvalue weighted by molar-refractivity contribution is 5.80. The van der Waals surface area contributed by atoms with Gasteiger partial charge in [-0.1, -0.05) is 6.07 Å². The van der Waals surface area contributed by atoms with Crippen molar-refractivity contribution in [2.45, 2.75) is 45.3 Å². The van der Waals surface area contributed by atoms with Crippen LogP contribution in [0, 0.1) is 5.92 Å². The molecule has 2 fully saturated rings. The predicted molar refractivity (Wildman–Crippen MR) is 103 cm³/mol. The molecule has 1 aliphatic heterocycles. The minimum Gasteiger partial charge on any atom is -0.396 e. The zero-order chi connectivity index (χ0) is 17.2. The molecule has 0 amide bonds. The lowest BCUT2D eigenvalue weighted by Crippen LogP contribution is -2.53. The molecule has 2 heterocycles. The van der Waals surface area contributed by atoms with Crippen LogP contribution in [0.25, 0.3) is 10.9 Å². The van der Waals surface area contributed by atoms with Gasteiger partial charge < -0.3 is 9.67 Å². The molecule has 1 aromatic heterocycles. The highest BCUT2D eigenvalue weighted by Gasteiger charge is 2.31. The number of aromatic nitrogens is 1. The van der Waals surface area contributed by atoms with E-state index in [1.165, 1.54) is 35.9 Å². The first kappa shape index (κ1) is 17.1. The molecule has 1 aromatic carbocycles. The van der Waals surface area contributed by atoms with Gasteiger partial charge in [0.25, 0.3) is 0 Å². The van der Waals surface area contributed by atoms with Crippen LogP contribution in [-0.4, -0.2) is 58.3 Å². The van der Waals surface area contributed by atoms with Gasteiger partial charge in [0.15, 0.2) is 0 Å². The van der Waals surface area contributed by atoms with E-state index in [0.717, 1.165) is 45.1 Å². The van der Waals surface area contributed by atoms with Crippen LogP contribution in [0.15, 0.2) is 30.5 Å². The molecule has 4 heteroatoms. The van der Waals surface area contributed by atoms with E-state index in [1.807, 2.05) is 0 Å². The minimum absolute atomic E-state index is 0.302. The lowest BCUT2D eigenvalue weighted by molar-refractivity contribution is 0.0522. The monoisotopic (exact) mass is 341 g/mol. The van der Waals surface area contributed by atoms with Crippen molar-refractivity contribution in [3.8, 4) is 0 Å². The number of aliphatic hydroxyl groups excluding tert-OH is 1. The van der Waals surface area contributed by atoms with Crippen LogP contribution in [0.1, 0.15) is 31.7 Å². The fraction of sp³-hybridized carbons (Fsp3) is 0.619. The molecule has 0 bridgehead atoms. The van der Waals surface area contributed by atoms with Gasteiger partial charge in [0.05, 0.1) is 0 Å². The first-order valence-electron chi connectivity index (χ1n) is 9.92. The molecule has 0 radical (unpaired) electrons. The highest BCUT2D eigenvalue weighted by Crippen LogP contribution is 2.31. The Morgan fingerprint density at radius 3 is 2.80 bits per heavy atom. The average Bonchev–Trinajstić information content (AvgIpc) is 3.34. The van der Waals surface area contributed by atoms with E-state index in [-0.39, 0.29) is 0 Å². The largest absolute Gasteiger partial charge is 0.396 e. The Morgan fingerprint density at radius 2 is 2.04 bits per heavy atom. The van der Waals surface area contributed by atoms with E-state index >= 15 is 0 Å². The van der Waals surface area contributed by atoms with Gasteiger partial charge >= 0.3 is 0 Å². The van der Waals surface area contributed by atoms with Crippen molar-refractivity contribution in [3.05, 3.63) is 36.0 Å².